The second kappa shape index (κ2) is 11.5. The van der Waals surface area contributed by atoms with Crippen molar-refractivity contribution in [2.75, 3.05) is 13.2 Å². The van der Waals surface area contributed by atoms with Crippen molar-refractivity contribution in [3.63, 3.8) is 0 Å². The van der Waals surface area contributed by atoms with E-state index in [1.54, 1.807) is 0 Å². The van der Waals surface area contributed by atoms with E-state index in [9.17, 15) is 40.5 Å². The van der Waals surface area contributed by atoms with Crippen LogP contribution in [0.15, 0.2) is 11.6 Å². The Morgan fingerprint density at radius 1 is 0.913 bits per heavy atom. The molecular formula is C36H58O10. The van der Waals surface area contributed by atoms with E-state index in [-0.39, 0.29) is 46.5 Å². The van der Waals surface area contributed by atoms with Crippen molar-refractivity contribution in [3.05, 3.63) is 11.6 Å². The largest absolute Gasteiger partial charge is 0.432 e. The van der Waals surface area contributed by atoms with Gasteiger partial charge in [0.05, 0.1) is 30.8 Å². The number of aliphatic hydroxyl groups is 7. The molecule has 7 N–H and O–H groups in total. The van der Waals surface area contributed by atoms with Crippen LogP contribution in [0.3, 0.4) is 0 Å². The van der Waals surface area contributed by atoms with Gasteiger partial charge in [-0.3, -0.25) is 4.79 Å². The molecule has 17 atom stereocenters. The number of allylic oxidation sites excluding steroid dienone is 2. The summed E-state index contributed by atoms with van der Waals surface area (Å²) in [6.45, 7) is 12.7. The Morgan fingerprint density at radius 3 is 2.26 bits per heavy atom. The molecule has 1 heterocycles. The van der Waals surface area contributed by atoms with Gasteiger partial charge in [-0.2, -0.15) is 0 Å². The van der Waals surface area contributed by atoms with Gasteiger partial charge in [0.2, 0.25) is 6.29 Å². The average molecular weight is 651 g/mol. The Kier molecular flexibility index (Phi) is 8.66. The lowest BCUT2D eigenvalue weighted by Crippen LogP contribution is -2.68. The highest BCUT2D eigenvalue weighted by Gasteiger charge is 2.71. The van der Waals surface area contributed by atoms with Crippen LogP contribution >= 0.6 is 0 Å². The lowest BCUT2D eigenvalue weighted by Gasteiger charge is -2.71. The monoisotopic (exact) mass is 650 g/mol. The third-order valence-corrected chi connectivity index (χ3v) is 15.6. The first-order valence-electron chi connectivity index (χ1n) is 17.7. The zero-order valence-electron chi connectivity index (χ0n) is 28.4. The van der Waals surface area contributed by atoms with Crippen molar-refractivity contribution in [2.24, 2.45) is 56.7 Å². The molecule has 5 unspecified atom stereocenters. The molecule has 0 aromatic heterocycles. The fourth-order valence-electron chi connectivity index (χ4n) is 12.4. The SMILES string of the molecule is C[C@@H]1CC[C@]2(C(=O)OC3O[C@H](CO)[C@@H](O)[C@H](O)[C@H]3O)CC[C@]3(C)C(=CCC4[C@@]5(C)C[C@@H](O)[C@H](O)C(C)(CO)C5CC[C@]43C)C2[C@H]1C. The van der Waals surface area contributed by atoms with Crippen LogP contribution in [0, 0.1) is 56.7 Å². The number of fused-ring (bicyclic) bond motifs is 7. The Balaban J connectivity index is 1.37. The van der Waals surface area contributed by atoms with Gasteiger partial charge >= 0.3 is 5.97 Å². The third-order valence-electron chi connectivity index (χ3n) is 15.6. The second-order valence-electron chi connectivity index (χ2n) is 17.3. The fourth-order valence-corrected chi connectivity index (χ4v) is 12.4. The minimum absolute atomic E-state index is 0.0600. The van der Waals surface area contributed by atoms with Crippen molar-refractivity contribution < 1.29 is 50.0 Å². The molecule has 4 saturated carbocycles. The van der Waals surface area contributed by atoms with E-state index >= 15 is 0 Å². The van der Waals surface area contributed by atoms with Crippen LogP contribution in [0.1, 0.15) is 92.9 Å². The predicted molar refractivity (Wildman–Crippen MR) is 168 cm³/mol. The van der Waals surface area contributed by atoms with Crippen LogP contribution in [-0.4, -0.2) is 97.8 Å². The maximum Gasteiger partial charge on any atom is 0.315 e. The molecule has 6 rings (SSSR count). The summed E-state index contributed by atoms with van der Waals surface area (Å²) in [7, 11) is 0. The van der Waals surface area contributed by atoms with Crippen molar-refractivity contribution in [1.82, 2.24) is 0 Å². The van der Waals surface area contributed by atoms with Gasteiger partial charge in [0.1, 0.15) is 24.4 Å². The molecular weight excluding hydrogens is 592 g/mol. The quantitative estimate of drug-likeness (QED) is 0.177. The van der Waals surface area contributed by atoms with E-state index in [1.165, 1.54) is 5.57 Å². The van der Waals surface area contributed by atoms with E-state index in [2.05, 4.69) is 40.7 Å². The smallest absolute Gasteiger partial charge is 0.315 e. The number of carbonyl (C=O) groups is 1. The Hall–Kier alpha value is -1.11. The van der Waals surface area contributed by atoms with Crippen molar-refractivity contribution in [1.29, 1.82) is 0 Å². The molecule has 0 spiro atoms. The summed E-state index contributed by atoms with van der Waals surface area (Å²) in [5.74, 6) is 0.265. The summed E-state index contributed by atoms with van der Waals surface area (Å²) < 4.78 is 11.5. The number of hydrogen-bond acceptors (Lipinski definition) is 10. The molecule has 0 aromatic carbocycles. The maximum absolute atomic E-state index is 14.4. The first-order chi connectivity index (χ1) is 21.5. The van der Waals surface area contributed by atoms with Gasteiger partial charge in [-0.05, 0) is 97.2 Å². The highest BCUT2D eigenvalue weighted by atomic mass is 16.7. The third kappa shape index (κ3) is 4.46. The molecule has 5 aliphatic carbocycles. The number of esters is 1. The Morgan fingerprint density at radius 2 is 1.61 bits per heavy atom. The van der Waals surface area contributed by atoms with Gasteiger partial charge in [-0.25, -0.2) is 0 Å². The molecule has 6 aliphatic rings. The molecule has 0 amide bonds. The molecule has 0 radical (unpaired) electrons. The topological polar surface area (TPSA) is 177 Å². The molecule has 1 saturated heterocycles. The van der Waals surface area contributed by atoms with Crippen LogP contribution in [0.5, 0.6) is 0 Å². The normalized spacial score (nSPS) is 56.8. The van der Waals surface area contributed by atoms with Crippen LogP contribution in [0.4, 0.5) is 0 Å². The molecule has 46 heavy (non-hydrogen) atoms. The molecule has 262 valence electrons. The van der Waals surface area contributed by atoms with Gasteiger partial charge in [-0.15, -0.1) is 0 Å². The van der Waals surface area contributed by atoms with Crippen molar-refractivity contribution in [2.45, 2.75) is 136 Å². The number of ether oxygens (including phenoxy) is 2. The van der Waals surface area contributed by atoms with Crippen molar-refractivity contribution >= 4 is 5.97 Å². The summed E-state index contributed by atoms with van der Waals surface area (Å²) in [6, 6.07) is 0. The summed E-state index contributed by atoms with van der Waals surface area (Å²) in [4.78, 5) is 14.4. The first kappa shape index (κ1) is 34.7. The van der Waals surface area contributed by atoms with Gasteiger partial charge in [0, 0.05) is 5.41 Å². The van der Waals surface area contributed by atoms with Crippen molar-refractivity contribution in [3.8, 4) is 0 Å². The minimum atomic E-state index is -1.65. The number of carbonyl (C=O) groups excluding carboxylic acids is 1. The Labute approximate surface area is 273 Å². The summed E-state index contributed by atoms with van der Waals surface area (Å²) in [6.07, 6.45) is -1.11. The minimum Gasteiger partial charge on any atom is -0.432 e. The van der Waals surface area contributed by atoms with E-state index < -0.39 is 66.3 Å². The van der Waals surface area contributed by atoms with Gasteiger partial charge in [0.15, 0.2) is 0 Å². The van der Waals surface area contributed by atoms with Gasteiger partial charge in [-0.1, -0.05) is 53.2 Å². The van der Waals surface area contributed by atoms with Gasteiger partial charge in [0.25, 0.3) is 0 Å². The predicted octanol–water partition coefficient (Wildman–Crippen LogP) is 2.29. The van der Waals surface area contributed by atoms with Crippen LogP contribution in [0.25, 0.3) is 0 Å². The first-order valence-corrected chi connectivity index (χ1v) is 17.7. The zero-order chi connectivity index (χ0) is 33.8. The molecule has 5 fully saturated rings. The fraction of sp³-hybridized carbons (Fsp3) is 0.917. The summed E-state index contributed by atoms with van der Waals surface area (Å²) in [5, 5.41) is 73.8. The number of aliphatic hydroxyl groups excluding tert-OH is 7. The van der Waals surface area contributed by atoms with Crippen LogP contribution < -0.4 is 0 Å². The number of rotatable bonds is 4. The highest BCUT2D eigenvalue weighted by molar-refractivity contribution is 5.79. The van der Waals surface area contributed by atoms with Crippen LogP contribution in [0.2, 0.25) is 0 Å². The van der Waals surface area contributed by atoms with Crippen LogP contribution in [-0.2, 0) is 14.3 Å². The zero-order valence-corrected chi connectivity index (χ0v) is 28.4. The Bertz CT molecular complexity index is 1220. The highest BCUT2D eigenvalue weighted by Crippen LogP contribution is 2.75. The second-order valence-corrected chi connectivity index (χ2v) is 17.3. The lowest BCUT2D eigenvalue weighted by molar-refractivity contribution is -0.297. The van der Waals surface area contributed by atoms with Gasteiger partial charge < -0.3 is 45.2 Å². The lowest BCUT2D eigenvalue weighted by atomic mass is 9.33. The molecule has 0 bridgehead atoms. The summed E-state index contributed by atoms with van der Waals surface area (Å²) >= 11 is 0. The van der Waals surface area contributed by atoms with E-state index in [0.717, 1.165) is 32.1 Å². The number of hydrogen-bond donors (Lipinski definition) is 7. The van der Waals surface area contributed by atoms with E-state index in [1.807, 2.05) is 6.92 Å². The van der Waals surface area contributed by atoms with E-state index in [0.29, 0.717) is 25.2 Å². The molecule has 0 aromatic rings. The van der Waals surface area contributed by atoms with E-state index in [4.69, 9.17) is 9.47 Å². The standard InChI is InChI=1S/C36H58O10/c1-18-9-12-36(31(44)46-30-28(42)27(41)26(40)22(16-37)45-30)14-13-34(5)20(25(36)19(18)2)7-8-24-32(3)15-21(39)29(43)33(4,17-38)23(32)10-11-35(24,34)6/h7,18-19,21-30,37-43H,8-17H2,1-6H3/t18-,19+,21-,22-,23?,24?,25?,26-,27+,28-,29+,30?,32+,33?,34-,35-,36+/m1/s1. The molecule has 10 nitrogen and oxygen atoms in total. The molecule has 1 aliphatic heterocycles. The average Bonchev–Trinajstić information content (AvgIpc) is 3.02. The molecule has 10 heteroatoms. The summed E-state index contributed by atoms with van der Waals surface area (Å²) in [5.41, 5.74) is -1.01. The maximum atomic E-state index is 14.4.